The standard InChI is InChI=1S/C46H29N5O2/c1-3-12-28(13-4-1)42-32-16-7-9-18-34(32)47-45(49-42)30-22-24-36-40(26-30)52-38-20-11-21-39-44(38)51(36)37-25-23-31(27-41(37)53-39)46-48-35-19-10-8-17-33(35)43(50-46)29-14-5-2-6-15-29/h1-27,34H,(H,47,49). The highest BCUT2D eigenvalue weighted by Crippen LogP contribution is 2.60. The molecule has 0 radical (unpaired) electrons. The lowest BCUT2D eigenvalue weighted by Gasteiger charge is -2.38. The number of allylic oxidation sites excluding steroid dienone is 2. The highest BCUT2D eigenvalue weighted by atomic mass is 16.5. The third kappa shape index (κ3) is 4.78. The molecule has 4 aliphatic rings. The van der Waals surface area contributed by atoms with Crippen LogP contribution in [0, 0.1) is 0 Å². The van der Waals surface area contributed by atoms with Gasteiger partial charge in [0.2, 0.25) is 0 Å². The first-order valence-electron chi connectivity index (χ1n) is 17.6. The fourth-order valence-electron chi connectivity index (χ4n) is 7.59. The van der Waals surface area contributed by atoms with E-state index < -0.39 is 0 Å². The minimum atomic E-state index is 0.0126. The molecule has 7 nitrogen and oxygen atoms in total. The van der Waals surface area contributed by atoms with Crippen LogP contribution in [0.25, 0.3) is 39.2 Å². The molecule has 1 N–H and O–H groups in total. The molecule has 6 aromatic carbocycles. The van der Waals surface area contributed by atoms with Crippen LogP contribution in [-0.2, 0) is 0 Å². The van der Waals surface area contributed by atoms with Gasteiger partial charge < -0.3 is 14.8 Å². The number of fused-ring (bicyclic) bond motifs is 6. The molecule has 0 saturated carbocycles. The van der Waals surface area contributed by atoms with Gasteiger partial charge in [-0.2, -0.15) is 0 Å². The lowest BCUT2D eigenvalue weighted by atomic mass is 9.94. The molecular weight excluding hydrogens is 655 g/mol. The van der Waals surface area contributed by atoms with Crippen molar-refractivity contribution in [1.29, 1.82) is 0 Å². The van der Waals surface area contributed by atoms with Gasteiger partial charge in [0, 0.05) is 33.2 Å². The minimum absolute atomic E-state index is 0.0126. The number of amidine groups is 1. The van der Waals surface area contributed by atoms with Gasteiger partial charge in [0.15, 0.2) is 28.8 Å². The van der Waals surface area contributed by atoms with Crippen molar-refractivity contribution in [2.75, 3.05) is 4.90 Å². The summed E-state index contributed by atoms with van der Waals surface area (Å²) in [6.45, 7) is 0. The number of ether oxygens (including phenoxy) is 2. The van der Waals surface area contributed by atoms with E-state index in [-0.39, 0.29) is 6.04 Å². The van der Waals surface area contributed by atoms with Crippen molar-refractivity contribution in [3.63, 3.8) is 0 Å². The maximum Gasteiger partial charge on any atom is 0.160 e. The number of aromatic nitrogens is 2. The van der Waals surface area contributed by atoms with Crippen molar-refractivity contribution < 1.29 is 9.47 Å². The largest absolute Gasteiger partial charge is 0.453 e. The first-order chi connectivity index (χ1) is 26.2. The Kier molecular flexibility index (Phi) is 6.48. The van der Waals surface area contributed by atoms with Crippen LogP contribution < -0.4 is 19.7 Å². The molecule has 0 bridgehead atoms. The maximum atomic E-state index is 6.62. The SMILES string of the molecule is C1=CC2=C(c3ccccc3)N=C(c3ccc4c(c3)Oc3cccc5c3N4c3ccc(-c4nc(-c6ccccc6)c6ccccc6n4)cc3O5)NC2C=C1. The summed E-state index contributed by atoms with van der Waals surface area (Å²) in [5.41, 5.74) is 10.5. The van der Waals surface area contributed by atoms with Gasteiger partial charge in [-0.1, -0.05) is 109 Å². The predicted octanol–water partition coefficient (Wildman–Crippen LogP) is 10.9. The molecule has 3 aliphatic heterocycles. The normalized spacial score (nSPS) is 16.0. The van der Waals surface area contributed by atoms with Gasteiger partial charge in [0.1, 0.15) is 11.5 Å². The maximum absolute atomic E-state index is 6.62. The van der Waals surface area contributed by atoms with E-state index in [1.165, 1.54) is 0 Å². The Morgan fingerprint density at radius 1 is 0.566 bits per heavy atom. The molecule has 1 aromatic heterocycles. The fraction of sp³-hybridized carbons (Fsp3) is 0.0217. The van der Waals surface area contributed by atoms with Gasteiger partial charge in [-0.25, -0.2) is 15.0 Å². The molecule has 1 unspecified atom stereocenters. The third-order valence-corrected chi connectivity index (χ3v) is 10.1. The number of nitrogens with zero attached hydrogens (tertiary/aromatic N) is 4. The van der Waals surface area contributed by atoms with E-state index >= 15 is 0 Å². The van der Waals surface area contributed by atoms with Gasteiger partial charge in [-0.05, 0) is 54.6 Å². The highest BCUT2D eigenvalue weighted by molar-refractivity contribution is 6.06. The lowest BCUT2D eigenvalue weighted by Crippen LogP contribution is -2.39. The topological polar surface area (TPSA) is 71.9 Å². The predicted molar refractivity (Wildman–Crippen MR) is 210 cm³/mol. The number of para-hydroxylation sites is 2. The Bertz CT molecular complexity index is 2770. The van der Waals surface area contributed by atoms with Crippen molar-refractivity contribution in [2.45, 2.75) is 6.04 Å². The van der Waals surface area contributed by atoms with Gasteiger partial charge in [-0.3, -0.25) is 4.90 Å². The van der Waals surface area contributed by atoms with E-state index in [1.54, 1.807) is 0 Å². The van der Waals surface area contributed by atoms with E-state index in [0.29, 0.717) is 17.3 Å². The number of nitrogens with one attached hydrogen (secondary N) is 1. The summed E-state index contributed by atoms with van der Waals surface area (Å²) in [6.07, 6.45) is 8.45. The van der Waals surface area contributed by atoms with Crippen molar-refractivity contribution in [3.05, 3.63) is 181 Å². The average Bonchev–Trinajstić information content (AvgIpc) is 3.23. The van der Waals surface area contributed by atoms with Crippen LogP contribution in [-0.4, -0.2) is 21.8 Å². The molecule has 250 valence electrons. The summed E-state index contributed by atoms with van der Waals surface area (Å²) in [5.74, 6) is 4.31. The molecule has 0 amide bonds. The summed E-state index contributed by atoms with van der Waals surface area (Å²) in [4.78, 5) is 17.5. The monoisotopic (exact) mass is 683 g/mol. The number of aliphatic imine (C=N–C) groups is 1. The van der Waals surface area contributed by atoms with Crippen LogP contribution in [0.5, 0.6) is 23.0 Å². The zero-order valence-corrected chi connectivity index (χ0v) is 28.3. The number of hydrogen-bond acceptors (Lipinski definition) is 7. The van der Waals surface area contributed by atoms with E-state index in [0.717, 1.165) is 84.5 Å². The van der Waals surface area contributed by atoms with Crippen LogP contribution in [0.1, 0.15) is 11.1 Å². The van der Waals surface area contributed by atoms with Gasteiger partial charge >= 0.3 is 0 Å². The summed E-state index contributed by atoms with van der Waals surface area (Å²) < 4.78 is 13.2. The zero-order chi connectivity index (χ0) is 34.9. The van der Waals surface area contributed by atoms with Crippen LogP contribution >= 0.6 is 0 Å². The first-order valence-corrected chi connectivity index (χ1v) is 17.6. The number of benzene rings is 6. The van der Waals surface area contributed by atoms with Crippen LogP contribution in [0.4, 0.5) is 17.1 Å². The summed E-state index contributed by atoms with van der Waals surface area (Å²) in [7, 11) is 0. The smallest absolute Gasteiger partial charge is 0.160 e. The van der Waals surface area contributed by atoms with Crippen molar-refractivity contribution in [2.24, 2.45) is 4.99 Å². The molecular formula is C46H29N5O2. The molecule has 0 spiro atoms. The number of anilines is 3. The number of rotatable bonds is 4. The van der Waals surface area contributed by atoms with Gasteiger partial charge in [0.25, 0.3) is 0 Å². The molecule has 11 rings (SSSR count). The average molecular weight is 684 g/mol. The molecule has 7 heteroatoms. The fourth-order valence-corrected chi connectivity index (χ4v) is 7.59. The second-order valence-corrected chi connectivity index (χ2v) is 13.3. The third-order valence-electron chi connectivity index (χ3n) is 10.1. The van der Waals surface area contributed by atoms with E-state index in [4.69, 9.17) is 24.4 Å². The van der Waals surface area contributed by atoms with Crippen molar-refractivity contribution >= 4 is 39.5 Å². The molecule has 0 saturated heterocycles. The quantitative estimate of drug-likeness (QED) is 0.199. The number of hydrogen-bond donors (Lipinski definition) is 1. The van der Waals surface area contributed by atoms with Crippen LogP contribution in [0.2, 0.25) is 0 Å². The second-order valence-electron chi connectivity index (χ2n) is 13.3. The van der Waals surface area contributed by atoms with E-state index in [1.807, 2.05) is 66.7 Å². The molecule has 53 heavy (non-hydrogen) atoms. The molecule has 0 fully saturated rings. The summed E-state index contributed by atoms with van der Waals surface area (Å²) in [5, 5.41) is 4.67. The Balaban J connectivity index is 1.01. The Morgan fingerprint density at radius 2 is 1.25 bits per heavy atom. The van der Waals surface area contributed by atoms with Crippen LogP contribution in [0.15, 0.2) is 174 Å². The molecule has 7 aromatic rings. The van der Waals surface area contributed by atoms with E-state index in [9.17, 15) is 0 Å². The Labute approximate surface area is 305 Å². The molecule has 1 atom stereocenters. The summed E-state index contributed by atoms with van der Waals surface area (Å²) >= 11 is 0. The Hall–Kier alpha value is -7.25. The lowest BCUT2D eigenvalue weighted by molar-refractivity contribution is 0.446. The molecule has 1 aliphatic carbocycles. The van der Waals surface area contributed by atoms with Crippen LogP contribution in [0.3, 0.4) is 0 Å². The molecule has 4 heterocycles. The Morgan fingerprint density at radius 3 is 2.02 bits per heavy atom. The highest BCUT2D eigenvalue weighted by Gasteiger charge is 2.35. The van der Waals surface area contributed by atoms with Crippen molar-refractivity contribution in [1.82, 2.24) is 15.3 Å². The zero-order valence-electron chi connectivity index (χ0n) is 28.3. The van der Waals surface area contributed by atoms with Gasteiger partial charge in [-0.15, -0.1) is 0 Å². The minimum Gasteiger partial charge on any atom is -0.453 e. The first kappa shape index (κ1) is 29.5. The second kappa shape index (κ2) is 11.6. The van der Waals surface area contributed by atoms with Crippen molar-refractivity contribution in [3.8, 4) is 45.6 Å². The van der Waals surface area contributed by atoms with Gasteiger partial charge in [0.05, 0.1) is 34.3 Å². The van der Waals surface area contributed by atoms with E-state index in [2.05, 4.69) is 107 Å². The summed E-state index contributed by atoms with van der Waals surface area (Å²) in [6, 6.07) is 47.2.